The minimum atomic E-state index is -0.976. The molecule has 0 atom stereocenters. The van der Waals surface area contributed by atoms with Gasteiger partial charge in [-0.2, -0.15) is 0 Å². The Morgan fingerprint density at radius 1 is 1.18 bits per heavy atom. The highest BCUT2D eigenvalue weighted by atomic mass is 16.3. The predicted molar refractivity (Wildman–Crippen MR) is 80.2 cm³/mol. The van der Waals surface area contributed by atoms with Crippen molar-refractivity contribution in [3.63, 3.8) is 0 Å². The number of rotatable bonds is 2. The first-order chi connectivity index (χ1) is 10.5. The molecule has 3 amide bonds. The van der Waals surface area contributed by atoms with E-state index in [9.17, 15) is 19.5 Å². The maximum atomic E-state index is 11.9. The van der Waals surface area contributed by atoms with E-state index < -0.39 is 17.7 Å². The zero-order valence-corrected chi connectivity index (χ0v) is 12.3. The van der Waals surface area contributed by atoms with E-state index in [2.05, 4.69) is 16.0 Å². The summed E-state index contributed by atoms with van der Waals surface area (Å²) in [6.45, 7) is 3.14. The van der Waals surface area contributed by atoms with E-state index in [0.717, 1.165) is 13.1 Å². The third kappa shape index (κ3) is 4.05. The van der Waals surface area contributed by atoms with Gasteiger partial charge in [0.1, 0.15) is 5.75 Å². The number of carbonyl (C=O) groups excluding carboxylic acids is 3. The topological polar surface area (TPSA) is 108 Å². The van der Waals surface area contributed by atoms with Crippen LogP contribution in [-0.2, 0) is 14.4 Å². The minimum absolute atomic E-state index is 0.0704. The highest BCUT2D eigenvalue weighted by Gasteiger charge is 2.25. The Hall–Kier alpha value is -2.41. The number of phenolic OH excluding ortho intramolecular Hbond substituents is 1. The van der Waals surface area contributed by atoms with Gasteiger partial charge < -0.3 is 15.7 Å². The number of nitrogens with one attached hydrogen (secondary N) is 3. The fourth-order valence-corrected chi connectivity index (χ4v) is 2.32. The quantitative estimate of drug-likeness (QED) is 0.464. The van der Waals surface area contributed by atoms with Gasteiger partial charge in [0.25, 0.3) is 0 Å². The number of amides is 3. The Morgan fingerprint density at radius 3 is 2.50 bits per heavy atom. The molecule has 7 nitrogen and oxygen atoms in total. The Balaban J connectivity index is 1.91. The smallest absolute Gasteiger partial charge is 0.316 e. The van der Waals surface area contributed by atoms with Crippen LogP contribution in [0.4, 0.5) is 5.69 Å². The summed E-state index contributed by atoms with van der Waals surface area (Å²) in [6, 6.07) is 4.36. The molecular formula is C15H19N3O4. The highest BCUT2D eigenvalue weighted by molar-refractivity contribution is 6.42. The van der Waals surface area contributed by atoms with Crippen LogP contribution in [0.3, 0.4) is 0 Å². The highest BCUT2D eigenvalue weighted by Crippen LogP contribution is 2.20. The average Bonchev–Trinajstić information content (AvgIpc) is 2.50. The van der Waals surface area contributed by atoms with Crippen molar-refractivity contribution in [2.45, 2.75) is 19.8 Å². The van der Waals surface area contributed by atoms with E-state index >= 15 is 0 Å². The summed E-state index contributed by atoms with van der Waals surface area (Å²) in [5, 5.41) is 17.0. The van der Waals surface area contributed by atoms with Crippen LogP contribution in [0.5, 0.6) is 5.75 Å². The third-order valence-electron chi connectivity index (χ3n) is 3.61. The Kier molecular flexibility index (Phi) is 5.11. The molecule has 1 saturated heterocycles. The van der Waals surface area contributed by atoms with Gasteiger partial charge in [-0.25, -0.2) is 0 Å². The largest absolute Gasteiger partial charge is 0.508 e. The van der Waals surface area contributed by atoms with Gasteiger partial charge in [0.05, 0.1) is 0 Å². The van der Waals surface area contributed by atoms with Gasteiger partial charge in [0.2, 0.25) is 5.91 Å². The van der Waals surface area contributed by atoms with Crippen molar-refractivity contribution in [1.82, 2.24) is 10.6 Å². The lowest BCUT2D eigenvalue weighted by molar-refractivity contribution is -0.141. The van der Waals surface area contributed by atoms with Gasteiger partial charge >= 0.3 is 11.8 Å². The van der Waals surface area contributed by atoms with Gasteiger partial charge in [0.15, 0.2) is 0 Å². The molecule has 22 heavy (non-hydrogen) atoms. The van der Waals surface area contributed by atoms with E-state index in [1.807, 2.05) is 0 Å². The molecule has 0 aliphatic carbocycles. The van der Waals surface area contributed by atoms with Crippen LogP contribution < -0.4 is 16.0 Å². The number of benzene rings is 1. The summed E-state index contributed by atoms with van der Waals surface area (Å²) in [4.78, 5) is 35.5. The van der Waals surface area contributed by atoms with E-state index in [0.29, 0.717) is 24.1 Å². The average molecular weight is 305 g/mol. The lowest BCUT2D eigenvalue weighted by atomic mass is 9.97. The first kappa shape index (κ1) is 16.0. The number of hydrogen-bond acceptors (Lipinski definition) is 5. The first-order valence-corrected chi connectivity index (χ1v) is 7.14. The second-order valence-electron chi connectivity index (χ2n) is 5.30. The Morgan fingerprint density at radius 2 is 1.86 bits per heavy atom. The third-order valence-corrected chi connectivity index (χ3v) is 3.61. The fourth-order valence-electron chi connectivity index (χ4n) is 2.32. The van der Waals surface area contributed by atoms with E-state index in [-0.39, 0.29) is 11.7 Å². The fraction of sp³-hybridized carbons (Fsp3) is 0.400. The van der Waals surface area contributed by atoms with Crippen LogP contribution in [0.25, 0.3) is 0 Å². The monoisotopic (exact) mass is 305 g/mol. The van der Waals surface area contributed by atoms with Crippen LogP contribution >= 0.6 is 0 Å². The molecule has 1 aliphatic heterocycles. The Bertz CT molecular complexity index is 594. The number of phenols is 1. The molecule has 7 heteroatoms. The summed E-state index contributed by atoms with van der Waals surface area (Å²) in [5.74, 6) is -2.47. The summed E-state index contributed by atoms with van der Waals surface area (Å²) in [6.07, 6.45) is 1.30. The Labute approximate surface area is 128 Å². The van der Waals surface area contributed by atoms with Crippen LogP contribution in [-0.4, -0.2) is 35.9 Å². The number of carbonyl (C=O) groups is 3. The molecule has 1 aromatic rings. The SMILES string of the molecule is Cc1cc(O)ccc1NC(=O)C(=O)NC(=O)C1CCNCC1. The molecule has 1 heterocycles. The molecule has 0 saturated carbocycles. The number of hydrogen-bond donors (Lipinski definition) is 4. The van der Waals surface area contributed by atoms with Crippen LogP contribution in [0, 0.1) is 12.8 Å². The minimum Gasteiger partial charge on any atom is -0.508 e. The predicted octanol–water partition coefficient (Wildman–Crippen LogP) is 0.282. The first-order valence-electron chi connectivity index (χ1n) is 7.14. The molecule has 118 valence electrons. The van der Waals surface area contributed by atoms with Gasteiger partial charge in [-0.15, -0.1) is 0 Å². The van der Waals surface area contributed by atoms with Crippen molar-refractivity contribution in [2.24, 2.45) is 5.92 Å². The van der Waals surface area contributed by atoms with Crippen molar-refractivity contribution >= 4 is 23.4 Å². The zero-order chi connectivity index (χ0) is 16.1. The molecule has 0 bridgehead atoms. The van der Waals surface area contributed by atoms with Gasteiger partial charge in [-0.1, -0.05) is 0 Å². The summed E-state index contributed by atoms with van der Waals surface area (Å²) >= 11 is 0. The number of aromatic hydroxyl groups is 1. The van der Waals surface area contributed by atoms with Crippen molar-refractivity contribution in [2.75, 3.05) is 18.4 Å². The van der Waals surface area contributed by atoms with Crippen LogP contribution in [0.2, 0.25) is 0 Å². The number of piperidine rings is 1. The van der Waals surface area contributed by atoms with Crippen LogP contribution in [0.1, 0.15) is 18.4 Å². The molecule has 2 rings (SSSR count). The molecule has 1 aliphatic rings. The van der Waals surface area contributed by atoms with Crippen molar-refractivity contribution in [1.29, 1.82) is 0 Å². The van der Waals surface area contributed by atoms with Gasteiger partial charge in [-0.3, -0.25) is 19.7 Å². The molecule has 0 radical (unpaired) electrons. The van der Waals surface area contributed by atoms with E-state index in [1.54, 1.807) is 6.92 Å². The van der Waals surface area contributed by atoms with Crippen molar-refractivity contribution in [3.8, 4) is 5.75 Å². The molecule has 0 unspecified atom stereocenters. The second kappa shape index (κ2) is 7.04. The summed E-state index contributed by atoms with van der Waals surface area (Å²) < 4.78 is 0. The maximum Gasteiger partial charge on any atom is 0.316 e. The number of anilines is 1. The molecule has 0 aromatic heterocycles. The number of aryl methyl sites for hydroxylation is 1. The molecular weight excluding hydrogens is 286 g/mol. The normalized spacial score (nSPS) is 15.1. The van der Waals surface area contributed by atoms with Gasteiger partial charge in [-0.05, 0) is 56.6 Å². The van der Waals surface area contributed by atoms with Crippen molar-refractivity contribution < 1.29 is 19.5 Å². The lowest BCUT2D eigenvalue weighted by Crippen LogP contribution is -2.44. The second-order valence-corrected chi connectivity index (χ2v) is 5.30. The number of imide groups is 1. The van der Waals surface area contributed by atoms with Crippen molar-refractivity contribution in [3.05, 3.63) is 23.8 Å². The summed E-state index contributed by atoms with van der Waals surface area (Å²) in [5.41, 5.74) is 1.03. The van der Waals surface area contributed by atoms with Crippen LogP contribution in [0.15, 0.2) is 18.2 Å². The van der Waals surface area contributed by atoms with E-state index in [4.69, 9.17) is 0 Å². The molecule has 1 aromatic carbocycles. The van der Waals surface area contributed by atoms with Gasteiger partial charge in [0, 0.05) is 11.6 Å². The molecule has 4 N–H and O–H groups in total. The standard InChI is InChI=1S/C15H19N3O4/c1-9-8-11(19)2-3-12(9)17-14(21)15(22)18-13(20)10-4-6-16-7-5-10/h2-3,8,10,16,19H,4-7H2,1H3,(H,17,21)(H,18,20,22). The molecule has 1 fully saturated rings. The lowest BCUT2D eigenvalue weighted by Gasteiger charge is -2.21. The molecule has 0 spiro atoms. The maximum absolute atomic E-state index is 11.9. The zero-order valence-electron chi connectivity index (χ0n) is 12.3. The summed E-state index contributed by atoms with van der Waals surface area (Å²) in [7, 11) is 0. The van der Waals surface area contributed by atoms with E-state index in [1.165, 1.54) is 18.2 Å².